The van der Waals surface area contributed by atoms with Crippen LogP contribution in [-0.4, -0.2) is 17.1 Å². The van der Waals surface area contributed by atoms with Crippen molar-refractivity contribution >= 4 is 11.6 Å². The van der Waals surface area contributed by atoms with Crippen molar-refractivity contribution in [2.75, 3.05) is 7.11 Å². The van der Waals surface area contributed by atoms with E-state index in [1.807, 2.05) is 26.0 Å². The first-order valence-electron chi connectivity index (χ1n) is 6.94. The molecule has 5 heteroatoms. The summed E-state index contributed by atoms with van der Waals surface area (Å²) in [5.74, 6) is 0.490. The Balaban J connectivity index is 2.56. The van der Waals surface area contributed by atoms with Crippen LogP contribution in [0.3, 0.4) is 0 Å². The number of nitrogens with zero attached hydrogens (tertiary/aromatic N) is 1. The molecule has 2 rings (SSSR count). The van der Waals surface area contributed by atoms with Gasteiger partial charge >= 0.3 is 0 Å². The second-order valence-electron chi connectivity index (χ2n) is 5.37. The second kappa shape index (κ2) is 6.90. The number of methoxy groups -OCH3 is 1. The highest BCUT2D eigenvalue weighted by Crippen LogP contribution is 2.23. The van der Waals surface area contributed by atoms with Crippen molar-refractivity contribution in [1.29, 1.82) is 0 Å². The Morgan fingerprint density at radius 2 is 2.18 bits per heavy atom. The zero-order valence-corrected chi connectivity index (χ0v) is 13.8. The fraction of sp³-hybridized carbons (Fsp3) is 0.294. The van der Waals surface area contributed by atoms with Crippen LogP contribution in [0.5, 0.6) is 0 Å². The van der Waals surface area contributed by atoms with Crippen molar-refractivity contribution in [3.63, 3.8) is 0 Å². The lowest BCUT2D eigenvalue weighted by molar-refractivity contribution is 0.180. The maximum Gasteiger partial charge on any atom is 0.255 e. The number of benzene rings is 1. The Labute approximate surface area is 134 Å². The summed E-state index contributed by atoms with van der Waals surface area (Å²) in [6.07, 6.45) is 0.482. The number of ether oxygens (including phenoxy) is 1. The average Bonchev–Trinajstić information content (AvgIpc) is 2.45. The molecule has 1 N–H and O–H groups in total. The van der Waals surface area contributed by atoms with Crippen molar-refractivity contribution in [3.05, 3.63) is 62.5 Å². The predicted molar refractivity (Wildman–Crippen MR) is 89.3 cm³/mol. The summed E-state index contributed by atoms with van der Waals surface area (Å²) in [5, 5.41) is 0.638. The first-order valence-corrected chi connectivity index (χ1v) is 7.32. The van der Waals surface area contributed by atoms with Crippen LogP contribution in [0, 0.1) is 6.92 Å². The van der Waals surface area contributed by atoms with Crippen LogP contribution in [0.2, 0.25) is 5.02 Å². The molecule has 0 saturated heterocycles. The van der Waals surface area contributed by atoms with E-state index in [-0.39, 0.29) is 12.2 Å². The minimum absolute atomic E-state index is 0.170. The molecule has 1 aromatic heterocycles. The fourth-order valence-electron chi connectivity index (χ4n) is 2.16. The Bertz CT molecular complexity index is 766. The number of rotatable bonds is 5. The van der Waals surface area contributed by atoms with Crippen LogP contribution >= 0.6 is 11.6 Å². The maximum atomic E-state index is 12.4. The molecule has 2 aromatic rings. The highest BCUT2D eigenvalue weighted by atomic mass is 35.5. The van der Waals surface area contributed by atoms with Gasteiger partial charge in [-0.15, -0.1) is 0 Å². The van der Waals surface area contributed by atoms with Crippen molar-refractivity contribution in [2.45, 2.75) is 26.9 Å². The number of aromatic nitrogens is 2. The van der Waals surface area contributed by atoms with Crippen molar-refractivity contribution < 1.29 is 4.74 Å². The predicted octanol–water partition coefficient (Wildman–Crippen LogP) is 3.66. The Morgan fingerprint density at radius 1 is 1.45 bits per heavy atom. The van der Waals surface area contributed by atoms with E-state index in [0.717, 1.165) is 16.7 Å². The Kier molecular flexibility index (Phi) is 5.16. The van der Waals surface area contributed by atoms with Crippen LogP contribution < -0.4 is 5.56 Å². The number of aromatic amines is 1. The quantitative estimate of drug-likeness (QED) is 0.856. The van der Waals surface area contributed by atoms with E-state index in [2.05, 4.69) is 16.5 Å². The largest absolute Gasteiger partial charge is 0.378 e. The molecular weight excluding hydrogens is 300 g/mol. The Morgan fingerprint density at radius 3 is 2.77 bits per heavy atom. The number of aryl methyl sites for hydroxylation is 1. The minimum Gasteiger partial charge on any atom is -0.378 e. The SMILES string of the molecule is C=C(C)Cc1c(COC)nc(-c2ccc(C)c(Cl)c2)[nH]c1=O. The van der Waals surface area contributed by atoms with Crippen molar-refractivity contribution in [1.82, 2.24) is 9.97 Å². The summed E-state index contributed by atoms with van der Waals surface area (Å²) in [5.41, 5.74) is 3.69. The van der Waals surface area contributed by atoms with Crippen molar-refractivity contribution in [2.24, 2.45) is 0 Å². The lowest BCUT2D eigenvalue weighted by atomic mass is 10.1. The molecule has 0 atom stereocenters. The normalized spacial score (nSPS) is 10.7. The topological polar surface area (TPSA) is 55.0 Å². The van der Waals surface area contributed by atoms with E-state index in [0.29, 0.717) is 28.5 Å². The first-order chi connectivity index (χ1) is 10.4. The summed E-state index contributed by atoms with van der Waals surface area (Å²) in [7, 11) is 1.58. The third-order valence-corrected chi connectivity index (χ3v) is 3.71. The Hall–Kier alpha value is -1.91. The number of H-pyrrole nitrogens is 1. The molecule has 0 spiro atoms. The first kappa shape index (κ1) is 16.5. The van der Waals surface area contributed by atoms with Gasteiger partial charge in [0.05, 0.1) is 12.3 Å². The molecule has 22 heavy (non-hydrogen) atoms. The van der Waals surface area contributed by atoms with Crippen LogP contribution in [0.15, 0.2) is 35.1 Å². The average molecular weight is 319 g/mol. The molecule has 0 unspecified atom stereocenters. The van der Waals surface area contributed by atoms with E-state index in [1.165, 1.54) is 0 Å². The molecule has 0 radical (unpaired) electrons. The van der Waals surface area contributed by atoms with E-state index in [1.54, 1.807) is 13.2 Å². The van der Waals surface area contributed by atoms with E-state index in [4.69, 9.17) is 16.3 Å². The van der Waals surface area contributed by atoms with Crippen LogP contribution in [0.4, 0.5) is 0 Å². The number of nitrogens with one attached hydrogen (secondary N) is 1. The summed E-state index contributed by atoms with van der Waals surface area (Å²) < 4.78 is 5.17. The summed E-state index contributed by atoms with van der Waals surface area (Å²) in [6.45, 7) is 7.94. The molecule has 0 amide bonds. The van der Waals surface area contributed by atoms with Gasteiger partial charge in [-0.2, -0.15) is 0 Å². The van der Waals surface area contributed by atoms with Crippen molar-refractivity contribution in [3.8, 4) is 11.4 Å². The highest BCUT2D eigenvalue weighted by Gasteiger charge is 2.13. The molecular formula is C17H19ClN2O2. The van der Waals surface area contributed by atoms with Crippen LogP contribution in [-0.2, 0) is 17.8 Å². The van der Waals surface area contributed by atoms with Gasteiger partial charge in [-0.3, -0.25) is 4.79 Å². The minimum atomic E-state index is -0.170. The van der Waals surface area contributed by atoms with Gasteiger partial charge in [-0.25, -0.2) is 4.98 Å². The molecule has 0 bridgehead atoms. The molecule has 1 aromatic carbocycles. The van der Waals surface area contributed by atoms with Gasteiger partial charge in [0.2, 0.25) is 0 Å². The molecule has 1 heterocycles. The van der Waals surface area contributed by atoms with E-state index >= 15 is 0 Å². The lowest BCUT2D eigenvalue weighted by Gasteiger charge is -2.10. The van der Waals surface area contributed by atoms with Gasteiger partial charge in [-0.1, -0.05) is 35.9 Å². The second-order valence-corrected chi connectivity index (χ2v) is 5.78. The molecule has 0 aliphatic carbocycles. The zero-order valence-electron chi connectivity index (χ0n) is 13.0. The van der Waals surface area contributed by atoms with Gasteiger partial charge in [0, 0.05) is 29.7 Å². The smallest absolute Gasteiger partial charge is 0.255 e. The molecule has 0 fully saturated rings. The van der Waals surface area contributed by atoms with Gasteiger partial charge < -0.3 is 9.72 Å². The molecule has 4 nitrogen and oxygen atoms in total. The van der Waals surface area contributed by atoms with Crippen LogP contribution in [0.1, 0.15) is 23.7 Å². The number of allylic oxidation sites excluding steroid dienone is 1. The summed E-state index contributed by atoms with van der Waals surface area (Å²) >= 11 is 6.15. The standard InChI is InChI=1S/C17H19ClN2O2/c1-10(2)7-13-15(9-22-4)19-16(20-17(13)21)12-6-5-11(3)14(18)8-12/h5-6,8H,1,7,9H2,2-4H3,(H,19,20,21). The molecule has 0 aliphatic rings. The van der Waals surface area contributed by atoms with Crippen LogP contribution in [0.25, 0.3) is 11.4 Å². The van der Waals surface area contributed by atoms with Gasteiger partial charge in [0.25, 0.3) is 5.56 Å². The zero-order chi connectivity index (χ0) is 16.3. The number of hydrogen-bond acceptors (Lipinski definition) is 3. The van der Waals surface area contributed by atoms with E-state index in [9.17, 15) is 4.79 Å². The lowest BCUT2D eigenvalue weighted by Crippen LogP contribution is -2.19. The van der Waals surface area contributed by atoms with Gasteiger partial charge in [-0.05, 0) is 25.5 Å². The van der Waals surface area contributed by atoms with E-state index < -0.39 is 0 Å². The monoisotopic (exact) mass is 318 g/mol. The summed E-state index contributed by atoms with van der Waals surface area (Å²) in [6, 6.07) is 5.58. The summed E-state index contributed by atoms with van der Waals surface area (Å²) in [4.78, 5) is 19.7. The molecule has 0 saturated carbocycles. The maximum absolute atomic E-state index is 12.4. The number of hydrogen-bond donors (Lipinski definition) is 1. The van der Waals surface area contributed by atoms with Gasteiger partial charge in [0.1, 0.15) is 5.82 Å². The third-order valence-electron chi connectivity index (χ3n) is 3.31. The fourth-order valence-corrected chi connectivity index (χ4v) is 2.34. The molecule has 116 valence electrons. The highest BCUT2D eigenvalue weighted by molar-refractivity contribution is 6.31. The molecule has 0 aliphatic heterocycles. The third kappa shape index (κ3) is 3.64. The number of halogens is 1. The van der Waals surface area contributed by atoms with Gasteiger partial charge in [0.15, 0.2) is 0 Å².